The number of aryl methyl sites for hydroxylation is 1. The van der Waals surface area contributed by atoms with Crippen molar-refractivity contribution in [2.45, 2.75) is 20.4 Å². The topological polar surface area (TPSA) is 34.9 Å². The highest BCUT2D eigenvalue weighted by molar-refractivity contribution is 9.10. The lowest BCUT2D eigenvalue weighted by Crippen LogP contribution is -2.13. The maximum Gasteiger partial charge on any atom is 0.184 e. The molecule has 0 fully saturated rings. The van der Waals surface area contributed by atoms with Gasteiger partial charge >= 0.3 is 0 Å². The number of benzene rings is 1. The van der Waals surface area contributed by atoms with E-state index in [0.29, 0.717) is 15.6 Å². The number of hydrogen-bond donors (Lipinski definition) is 0. The zero-order valence-corrected chi connectivity index (χ0v) is 13.5. The Bertz CT molecular complexity index is 652. The van der Waals surface area contributed by atoms with Crippen LogP contribution < -0.4 is 0 Å². The molecule has 2 rings (SSSR count). The van der Waals surface area contributed by atoms with Gasteiger partial charge in [0.2, 0.25) is 0 Å². The number of aromatic nitrogens is 2. The molecule has 0 amide bonds. The van der Waals surface area contributed by atoms with Crippen molar-refractivity contribution in [3.8, 4) is 0 Å². The van der Waals surface area contributed by atoms with Crippen molar-refractivity contribution in [1.82, 2.24) is 9.78 Å². The van der Waals surface area contributed by atoms with Crippen LogP contribution in [0, 0.1) is 13.8 Å². The minimum atomic E-state index is -0.0586. The molecule has 0 aliphatic rings. The van der Waals surface area contributed by atoms with E-state index >= 15 is 0 Å². The Labute approximate surface area is 129 Å². The number of carbonyl (C=O) groups is 1. The molecule has 1 aromatic carbocycles. The average Bonchev–Trinajstić information content (AvgIpc) is 2.60. The molecule has 3 nitrogen and oxygen atoms in total. The van der Waals surface area contributed by atoms with Crippen LogP contribution in [0.2, 0.25) is 10.0 Å². The Morgan fingerprint density at radius 1 is 1.32 bits per heavy atom. The zero-order valence-electron chi connectivity index (χ0n) is 10.4. The Morgan fingerprint density at radius 3 is 2.53 bits per heavy atom. The molecule has 0 bridgehead atoms. The van der Waals surface area contributed by atoms with E-state index < -0.39 is 0 Å². The van der Waals surface area contributed by atoms with Crippen LogP contribution in [0.3, 0.4) is 0 Å². The van der Waals surface area contributed by atoms with Crippen molar-refractivity contribution in [2.24, 2.45) is 0 Å². The van der Waals surface area contributed by atoms with Gasteiger partial charge in [0.05, 0.1) is 25.9 Å². The van der Waals surface area contributed by atoms with E-state index in [2.05, 4.69) is 21.0 Å². The van der Waals surface area contributed by atoms with Crippen molar-refractivity contribution in [2.75, 3.05) is 0 Å². The maximum absolute atomic E-state index is 12.2. The van der Waals surface area contributed by atoms with Crippen LogP contribution in [0.25, 0.3) is 0 Å². The Morgan fingerprint density at radius 2 is 2.00 bits per heavy atom. The molecule has 6 heteroatoms. The summed E-state index contributed by atoms with van der Waals surface area (Å²) in [6.45, 7) is 3.97. The van der Waals surface area contributed by atoms with Crippen LogP contribution >= 0.6 is 39.1 Å². The van der Waals surface area contributed by atoms with E-state index in [9.17, 15) is 4.79 Å². The first-order valence-corrected chi connectivity index (χ1v) is 7.13. The second-order valence-electron chi connectivity index (χ2n) is 4.19. The van der Waals surface area contributed by atoms with Crippen LogP contribution in [0.4, 0.5) is 0 Å². The Hall–Kier alpha value is -0.840. The van der Waals surface area contributed by atoms with E-state index in [1.807, 2.05) is 13.8 Å². The summed E-state index contributed by atoms with van der Waals surface area (Å²) in [6, 6.07) is 4.86. The van der Waals surface area contributed by atoms with Crippen molar-refractivity contribution in [3.63, 3.8) is 0 Å². The Balaban J connectivity index is 2.25. The smallest absolute Gasteiger partial charge is 0.184 e. The standard InChI is InChI=1S/C13H11BrCl2N2O/c1-7-13(14)8(2)18(17-7)6-12(19)9-3-4-10(15)11(16)5-9/h3-5H,6H2,1-2H3. The number of halogens is 3. The SMILES string of the molecule is Cc1nn(CC(=O)c2ccc(Cl)c(Cl)c2)c(C)c1Br. The molecular formula is C13H11BrCl2N2O. The van der Waals surface area contributed by atoms with Crippen molar-refractivity contribution in [1.29, 1.82) is 0 Å². The third-order valence-corrected chi connectivity index (χ3v) is 4.71. The summed E-state index contributed by atoms with van der Waals surface area (Å²) >= 11 is 15.2. The van der Waals surface area contributed by atoms with E-state index in [0.717, 1.165) is 15.9 Å². The lowest BCUT2D eigenvalue weighted by atomic mass is 10.1. The van der Waals surface area contributed by atoms with E-state index in [1.165, 1.54) is 0 Å². The molecule has 0 radical (unpaired) electrons. The molecule has 1 aromatic heterocycles. The van der Waals surface area contributed by atoms with Gasteiger partial charge in [-0.1, -0.05) is 23.2 Å². The second-order valence-corrected chi connectivity index (χ2v) is 5.80. The normalized spacial score (nSPS) is 10.8. The fraction of sp³-hybridized carbons (Fsp3) is 0.231. The van der Waals surface area contributed by atoms with Crippen molar-refractivity contribution >= 4 is 44.9 Å². The second kappa shape index (κ2) is 5.65. The summed E-state index contributed by atoms with van der Waals surface area (Å²) in [7, 11) is 0. The Kier molecular flexibility index (Phi) is 4.33. The predicted molar refractivity (Wildman–Crippen MR) is 80.2 cm³/mol. The third kappa shape index (κ3) is 3.02. The highest BCUT2D eigenvalue weighted by atomic mass is 79.9. The number of rotatable bonds is 3. The largest absolute Gasteiger partial charge is 0.292 e. The molecule has 0 unspecified atom stereocenters. The number of carbonyl (C=O) groups excluding carboxylic acids is 1. The molecule has 0 saturated heterocycles. The molecule has 0 aliphatic carbocycles. The van der Waals surface area contributed by atoms with Gasteiger partial charge in [0.15, 0.2) is 5.78 Å². The summed E-state index contributed by atoms with van der Waals surface area (Å²) in [4.78, 5) is 12.2. The minimum absolute atomic E-state index is 0.0586. The molecule has 0 atom stereocenters. The average molecular weight is 362 g/mol. The fourth-order valence-electron chi connectivity index (χ4n) is 1.73. The van der Waals surface area contributed by atoms with Gasteiger partial charge in [-0.3, -0.25) is 9.48 Å². The van der Waals surface area contributed by atoms with Gasteiger partial charge in [-0.25, -0.2) is 0 Å². The molecule has 0 saturated carbocycles. The summed E-state index contributed by atoms with van der Waals surface area (Å²) in [6.07, 6.45) is 0. The first-order valence-electron chi connectivity index (χ1n) is 5.58. The summed E-state index contributed by atoms with van der Waals surface area (Å²) in [5.74, 6) is -0.0586. The highest BCUT2D eigenvalue weighted by Crippen LogP contribution is 2.24. The van der Waals surface area contributed by atoms with Gasteiger partial charge in [-0.05, 0) is 48.0 Å². The monoisotopic (exact) mass is 360 g/mol. The summed E-state index contributed by atoms with van der Waals surface area (Å²) in [5.41, 5.74) is 2.31. The first-order chi connectivity index (χ1) is 8.90. The molecule has 0 N–H and O–H groups in total. The highest BCUT2D eigenvalue weighted by Gasteiger charge is 2.14. The summed E-state index contributed by atoms with van der Waals surface area (Å²) in [5, 5.41) is 5.12. The van der Waals surface area contributed by atoms with Crippen LogP contribution in [-0.4, -0.2) is 15.6 Å². The van der Waals surface area contributed by atoms with Gasteiger partial charge in [-0.15, -0.1) is 0 Å². The van der Waals surface area contributed by atoms with Crippen LogP contribution in [0.1, 0.15) is 21.7 Å². The minimum Gasteiger partial charge on any atom is -0.292 e. The van der Waals surface area contributed by atoms with Gasteiger partial charge < -0.3 is 0 Å². The molecule has 1 heterocycles. The zero-order chi connectivity index (χ0) is 14.2. The fourth-order valence-corrected chi connectivity index (χ4v) is 2.31. The molecule has 2 aromatic rings. The lowest BCUT2D eigenvalue weighted by Gasteiger charge is -2.05. The lowest BCUT2D eigenvalue weighted by molar-refractivity contribution is 0.0966. The molecule has 0 aliphatic heterocycles. The van der Waals surface area contributed by atoms with E-state index in [1.54, 1.807) is 22.9 Å². The number of ketones is 1. The van der Waals surface area contributed by atoms with Crippen LogP contribution in [0.15, 0.2) is 22.7 Å². The predicted octanol–water partition coefficient (Wildman–Crippen LogP) is 4.45. The van der Waals surface area contributed by atoms with Crippen LogP contribution in [0.5, 0.6) is 0 Å². The number of hydrogen-bond acceptors (Lipinski definition) is 2. The van der Waals surface area contributed by atoms with Gasteiger partial charge in [0, 0.05) is 5.56 Å². The van der Waals surface area contributed by atoms with Crippen molar-refractivity contribution in [3.05, 3.63) is 49.7 Å². The molecular weight excluding hydrogens is 351 g/mol. The quantitative estimate of drug-likeness (QED) is 0.757. The van der Waals surface area contributed by atoms with E-state index in [4.69, 9.17) is 23.2 Å². The molecule has 0 spiro atoms. The number of nitrogens with zero attached hydrogens (tertiary/aromatic N) is 2. The van der Waals surface area contributed by atoms with Gasteiger partial charge in [0.25, 0.3) is 0 Å². The maximum atomic E-state index is 12.2. The first kappa shape index (κ1) is 14.6. The molecule has 100 valence electrons. The van der Waals surface area contributed by atoms with Gasteiger partial charge in [0.1, 0.15) is 6.54 Å². The van der Waals surface area contributed by atoms with Crippen LogP contribution in [-0.2, 0) is 6.54 Å². The van der Waals surface area contributed by atoms with Gasteiger partial charge in [-0.2, -0.15) is 5.10 Å². The summed E-state index contributed by atoms with van der Waals surface area (Å²) < 4.78 is 2.60. The third-order valence-electron chi connectivity index (χ3n) is 2.83. The molecule has 19 heavy (non-hydrogen) atoms. The van der Waals surface area contributed by atoms with Crippen molar-refractivity contribution < 1.29 is 4.79 Å². The van der Waals surface area contributed by atoms with E-state index in [-0.39, 0.29) is 12.3 Å². The number of Topliss-reactive ketones (excluding diaryl/α,β-unsaturated/α-hetero) is 1.